The topological polar surface area (TPSA) is 138 Å². The van der Waals surface area contributed by atoms with Crippen LogP contribution >= 0.6 is 11.3 Å². The summed E-state index contributed by atoms with van der Waals surface area (Å²) in [5.74, 6) is -0.625. The van der Waals surface area contributed by atoms with Crippen LogP contribution in [0.2, 0.25) is 0 Å². The second-order valence-electron chi connectivity index (χ2n) is 10.0. The lowest BCUT2D eigenvalue weighted by atomic mass is 10.0. The standard InChI is InChI=1S/C30H34N6O3S/c1-18(2)14-25(34-27(37)17-33-30-36-24-13-8-19(3)15-26(24)40-30)29(39)32-16-20-9-11-21(12-10-20)28(38)35-23-7-5-4-6-22(23)31/h4-13,15,18,25H,14,16-17,31H2,1-3H3,(H,32,39)(H,33,36)(H,34,37)(H,35,38)/t25-/m0/s1. The van der Waals surface area contributed by atoms with Gasteiger partial charge in [0, 0.05) is 12.1 Å². The van der Waals surface area contributed by atoms with E-state index in [4.69, 9.17) is 5.73 Å². The molecule has 0 saturated heterocycles. The first-order chi connectivity index (χ1) is 19.2. The van der Waals surface area contributed by atoms with E-state index in [0.717, 1.165) is 21.3 Å². The third kappa shape index (κ3) is 7.79. The molecule has 9 nitrogen and oxygen atoms in total. The molecule has 0 fully saturated rings. The molecule has 0 spiro atoms. The molecule has 1 atom stereocenters. The average Bonchev–Trinajstić information content (AvgIpc) is 3.33. The van der Waals surface area contributed by atoms with Crippen molar-refractivity contribution in [1.82, 2.24) is 15.6 Å². The number of carbonyl (C=O) groups excluding carboxylic acids is 3. The summed E-state index contributed by atoms with van der Waals surface area (Å²) in [5, 5.41) is 12.3. The number of nitrogens with two attached hydrogens (primary N) is 1. The fraction of sp³-hybridized carbons (Fsp3) is 0.267. The van der Waals surface area contributed by atoms with Gasteiger partial charge in [0.15, 0.2) is 5.13 Å². The van der Waals surface area contributed by atoms with E-state index in [2.05, 4.69) is 32.3 Å². The molecule has 10 heteroatoms. The molecular formula is C30H34N6O3S. The van der Waals surface area contributed by atoms with Gasteiger partial charge in [-0.05, 0) is 66.8 Å². The van der Waals surface area contributed by atoms with Gasteiger partial charge in [-0.1, -0.05) is 55.5 Å². The van der Waals surface area contributed by atoms with E-state index >= 15 is 0 Å². The smallest absolute Gasteiger partial charge is 0.255 e. The Labute approximate surface area is 237 Å². The molecule has 4 aromatic rings. The van der Waals surface area contributed by atoms with Crippen LogP contribution in [0.1, 0.15) is 41.8 Å². The highest BCUT2D eigenvalue weighted by molar-refractivity contribution is 7.22. The van der Waals surface area contributed by atoms with Crippen molar-refractivity contribution in [1.29, 1.82) is 0 Å². The molecule has 208 valence electrons. The minimum Gasteiger partial charge on any atom is -0.397 e. The summed E-state index contributed by atoms with van der Waals surface area (Å²) in [7, 11) is 0. The minimum atomic E-state index is -0.673. The molecule has 0 saturated carbocycles. The highest BCUT2D eigenvalue weighted by Gasteiger charge is 2.22. The molecule has 0 aliphatic carbocycles. The van der Waals surface area contributed by atoms with Gasteiger partial charge >= 0.3 is 0 Å². The number of amides is 3. The van der Waals surface area contributed by atoms with E-state index in [-0.39, 0.29) is 36.7 Å². The van der Waals surface area contributed by atoms with Gasteiger partial charge in [-0.3, -0.25) is 14.4 Å². The third-order valence-electron chi connectivity index (χ3n) is 6.19. The number of thiazole rings is 1. The summed E-state index contributed by atoms with van der Waals surface area (Å²) in [6.45, 7) is 6.30. The number of nitrogen functional groups attached to an aromatic ring is 1. The number of hydrogen-bond acceptors (Lipinski definition) is 7. The molecule has 0 radical (unpaired) electrons. The van der Waals surface area contributed by atoms with Crippen molar-refractivity contribution >= 4 is 55.8 Å². The Balaban J connectivity index is 1.29. The number of carbonyl (C=O) groups is 3. The summed E-state index contributed by atoms with van der Waals surface area (Å²) >= 11 is 1.49. The van der Waals surface area contributed by atoms with Crippen molar-refractivity contribution in [2.24, 2.45) is 5.92 Å². The van der Waals surface area contributed by atoms with Crippen LogP contribution in [0.4, 0.5) is 16.5 Å². The number of aryl methyl sites for hydroxylation is 1. The van der Waals surface area contributed by atoms with Crippen LogP contribution in [0.3, 0.4) is 0 Å². The van der Waals surface area contributed by atoms with Crippen molar-refractivity contribution in [3.8, 4) is 0 Å². The van der Waals surface area contributed by atoms with Crippen LogP contribution in [-0.2, 0) is 16.1 Å². The van der Waals surface area contributed by atoms with Crippen LogP contribution in [0, 0.1) is 12.8 Å². The third-order valence-corrected chi connectivity index (χ3v) is 7.17. The van der Waals surface area contributed by atoms with Gasteiger partial charge in [-0.2, -0.15) is 0 Å². The number of hydrogen-bond donors (Lipinski definition) is 5. The summed E-state index contributed by atoms with van der Waals surface area (Å²) in [4.78, 5) is 42.7. The predicted molar refractivity (Wildman–Crippen MR) is 161 cm³/mol. The number of fused-ring (bicyclic) bond motifs is 1. The largest absolute Gasteiger partial charge is 0.397 e. The first-order valence-electron chi connectivity index (χ1n) is 13.1. The quantitative estimate of drug-likeness (QED) is 0.169. The van der Waals surface area contributed by atoms with E-state index < -0.39 is 6.04 Å². The number of nitrogens with one attached hydrogen (secondary N) is 4. The lowest BCUT2D eigenvalue weighted by Crippen LogP contribution is -2.48. The predicted octanol–water partition coefficient (Wildman–Crippen LogP) is 4.70. The maximum atomic E-state index is 13.0. The van der Waals surface area contributed by atoms with E-state index in [1.165, 1.54) is 11.3 Å². The second kappa shape index (κ2) is 13.1. The molecule has 0 unspecified atom stereocenters. The lowest BCUT2D eigenvalue weighted by molar-refractivity contribution is -0.128. The number of nitrogens with zero attached hydrogens (tertiary/aromatic N) is 1. The Bertz CT molecular complexity index is 1500. The molecule has 40 heavy (non-hydrogen) atoms. The van der Waals surface area contributed by atoms with Crippen LogP contribution < -0.4 is 27.0 Å². The first kappa shape index (κ1) is 28.6. The molecule has 6 N–H and O–H groups in total. The zero-order valence-corrected chi connectivity index (χ0v) is 23.6. The number of benzene rings is 3. The molecule has 0 aliphatic heterocycles. The summed E-state index contributed by atoms with van der Waals surface area (Å²) < 4.78 is 1.05. The number of para-hydroxylation sites is 2. The maximum absolute atomic E-state index is 13.0. The first-order valence-corrected chi connectivity index (χ1v) is 13.9. The van der Waals surface area contributed by atoms with Crippen molar-refractivity contribution in [3.05, 3.63) is 83.4 Å². The Morgan fingerprint density at radius 3 is 2.48 bits per heavy atom. The van der Waals surface area contributed by atoms with Gasteiger partial charge in [0.2, 0.25) is 11.8 Å². The van der Waals surface area contributed by atoms with Gasteiger partial charge in [0.25, 0.3) is 5.91 Å². The summed E-state index contributed by atoms with van der Waals surface area (Å²) in [6, 6.07) is 19.3. The zero-order valence-electron chi connectivity index (χ0n) is 22.8. The Morgan fingerprint density at radius 2 is 1.75 bits per heavy atom. The molecule has 1 heterocycles. The van der Waals surface area contributed by atoms with E-state index in [0.29, 0.717) is 28.5 Å². The lowest BCUT2D eigenvalue weighted by Gasteiger charge is -2.20. The summed E-state index contributed by atoms with van der Waals surface area (Å²) in [5.41, 5.74) is 10.3. The number of anilines is 3. The molecule has 3 amide bonds. The van der Waals surface area contributed by atoms with Crippen molar-refractivity contribution in [2.45, 2.75) is 39.8 Å². The van der Waals surface area contributed by atoms with Crippen LogP contribution in [0.15, 0.2) is 66.7 Å². The van der Waals surface area contributed by atoms with Crippen LogP contribution in [-0.4, -0.2) is 35.3 Å². The fourth-order valence-corrected chi connectivity index (χ4v) is 5.06. The molecule has 3 aromatic carbocycles. The fourth-order valence-electron chi connectivity index (χ4n) is 4.10. The van der Waals surface area contributed by atoms with Gasteiger partial charge in [-0.15, -0.1) is 0 Å². The highest BCUT2D eigenvalue weighted by atomic mass is 32.1. The molecule has 1 aromatic heterocycles. The van der Waals surface area contributed by atoms with Gasteiger partial charge in [0.1, 0.15) is 6.04 Å². The Kier molecular flexibility index (Phi) is 9.34. The average molecular weight is 559 g/mol. The molecule has 0 bridgehead atoms. The molecule has 0 aliphatic rings. The Morgan fingerprint density at radius 1 is 1.00 bits per heavy atom. The van der Waals surface area contributed by atoms with Crippen molar-refractivity contribution in [3.63, 3.8) is 0 Å². The number of aromatic nitrogens is 1. The maximum Gasteiger partial charge on any atom is 0.255 e. The number of rotatable bonds is 11. The normalized spacial score (nSPS) is 11.7. The Hall–Kier alpha value is -4.44. The van der Waals surface area contributed by atoms with E-state index in [1.54, 1.807) is 48.5 Å². The van der Waals surface area contributed by atoms with Crippen molar-refractivity contribution in [2.75, 3.05) is 22.9 Å². The molecular weight excluding hydrogens is 524 g/mol. The molecule has 4 rings (SSSR count). The SMILES string of the molecule is Cc1ccc2nc(NCC(=O)N[C@@H](CC(C)C)C(=O)NCc3ccc(C(=O)Nc4ccccc4N)cc3)sc2c1. The van der Waals surface area contributed by atoms with E-state index in [9.17, 15) is 14.4 Å². The van der Waals surface area contributed by atoms with Crippen LogP contribution in [0.5, 0.6) is 0 Å². The van der Waals surface area contributed by atoms with Gasteiger partial charge < -0.3 is 27.0 Å². The summed E-state index contributed by atoms with van der Waals surface area (Å²) in [6.07, 6.45) is 0.500. The minimum absolute atomic E-state index is 0.0127. The van der Waals surface area contributed by atoms with E-state index in [1.807, 2.05) is 32.9 Å². The highest BCUT2D eigenvalue weighted by Crippen LogP contribution is 2.26. The van der Waals surface area contributed by atoms with Crippen molar-refractivity contribution < 1.29 is 14.4 Å². The van der Waals surface area contributed by atoms with Crippen LogP contribution in [0.25, 0.3) is 10.2 Å². The second-order valence-corrected chi connectivity index (χ2v) is 11.1. The zero-order chi connectivity index (χ0) is 28.6. The van der Waals surface area contributed by atoms with Gasteiger partial charge in [-0.25, -0.2) is 4.98 Å². The van der Waals surface area contributed by atoms with Gasteiger partial charge in [0.05, 0.1) is 28.1 Å². The monoisotopic (exact) mass is 558 g/mol.